The van der Waals surface area contributed by atoms with Crippen LogP contribution < -0.4 is 5.73 Å². The molecule has 0 saturated carbocycles. The maximum Gasteiger partial charge on any atom is 0.252 e. The summed E-state index contributed by atoms with van der Waals surface area (Å²) in [7, 11) is -3.60. The number of rotatable bonds is 3. The monoisotopic (exact) mass is 313 g/mol. The topological polar surface area (TPSA) is 104 Å². The summed E-state index contributed by atoms with van der Waals surface area (Å²) in [4.78, 5) is 11.0. The third-order valence-electron chi connectivity index (χ3n) is 3.55. The first kappa shape index (κ1) is 15.0. The highest BCUT2D eigenvalue weighted by Gasteiger charge is 2.36. The summed E-state index contributed by atoms with van der Waals surface area (Å²) < 4.78 is 26.3. The van der Waals surface area contributed by atoms with Crippen molar-refractivity contribution in [2.75, 3.05) is 13.1 Å². The van der Waals surface area contributed by atoms with Gasteiger partial charge in [-0.1, -0.05) is 0 Å². The summed E-state index contributed by atoms with van der Waals surface area (Å²) in [6, 6.07) is 3.54. The summed E-state index contributed by atoms with van der Waals surface area (Å²) in [6.45, 7) is 2.47. The van der Waals surface area contributed by atoms with Crippen molar-refractivity contribution in [3.05, 3.63) is 17.0 Å². The molecular formula is C12H15N3O3S2. The zero-order chi connectivity index (χ0) is 15.0. The van der Waals surface area contributed by atoms with E-state index >= 15 is 0 Å². The number of hydrogen-bond donors (Lipinski definition) is 1. The summed E-state index contributed by atoms with van der Waals surface area (Å²) >= 11 is 0.989. The normalized spacial score (nSPS) is 19.4. The second-order valence-electron chi connectivity index (χ2n) is 5.10. The van der Waals surface area contributed by atoms with Gasteiger partial charge in [-0.15, -0.1) is 11.3 Å². The van der Waals surface area contributed by atoms with E-state index in [1.54, 1.807) is 0 Å². The minimum Gasteiger partial charge on any atom is -0.366 e. The zero-order valence-corrected chi connectivity index (χ0v) is 12.6. The number of piperidine rings is 1. The number of thiophene rings is 1. The van der Waals surface area contributed by atoms with Gasteiger partial charge in [-0.3, -0.25) is 4.79 Å². The molecule has 1 saturated heterocycles. The molecule has 2 rings (SSSR count). The van der Waals surface area contributed by atoms with Crippen LogP contribution in [0.1, 0.15) is 30.1 Å². The van der Waals surface area contributed by atoms with Gasteiger partial charge in [-0.25, -0.2) is 8.42 Å². The molecule has 0 bridgehead atoms. The maximum atomic E-state index is 12.4. The number of nitrogens with two attached hydrogens (primary N) is 1. The van der Waals surface area contributed by atoms with E-state index in [9.17, 15) is 13.2 Å². The zero-order valence-electron chi connectivity index (χ0n) is 11.0. The largest absolute Gasteiger partial charge is 0.366 e. The quantitative estimate of drug-likeness (QED) is 0.904. The Morgan fingerprint density at radius 3 is 2.55 bits per heavy atom. The van der Waals surface area contributed by atoms with Crippen molar-refractivity contribution in [1.82, 2.24) is 4.31 Å². The highest BCUT2D eigenvalue weighted by atomic mass is 32.2. The van der Waals surface area contributed by atoms with Crippen LogP contribution in [-0.4, -0.2) is 31.7 Å². The molecule has 0 radical (unpaired) electrons. The lowest BCUT2D eigenvalue weighted by Gasteiger charge is -2.33. The summed E-state index contributed by atoms with van der Waals surface area (Å²) in [6.07, 6.45) is 1.02. The van der Waals surface area contributed by atoms with E-state index in [4.69, 9.17) is 11.0 Å². The van der Waals surface area contributed by atoms with Gasteiger partial charge in [0.2, 0.25) is 5.91 Å². The van der Waals surface area contributed by atoms with E-state index in [0.717, 1.165) is 11.3 Å². The first-order chi connectivity index (χ1) is 9.28. The molecule has 1 aliphatic rings. The fraction of sp³-hybridized carbons (Fsp3) is 0.500. The van der Waals surface area contributed by atoms with Gasteiger partial charge in [0.25, 0.3) is 10.0 Å². The molecule has 0 aromatic carbocycles. The molecule has 20 heavy (non-hydrogen) atoms. The number of nitriles is 1. The van der Waals surface area contributed by atoms with Crippen LogP contribution in [0, 0.1) is 16.7 Å². The lowest BCUT2D eigenvalue weighted by molar-refractivity contribution is 0.100. The van der Waals surface area contributed by atoms with E-state index in [1.165, 1.54) is 15.8 Å². The third kappa shape index (κ3) is 2.70. The Labute approximate surface area is 121 Å². The highest BCUT2D eigenvalue weighted by molar-refractivity contribution is 7.91. The molecule has 1 aliphatic heterocycles. The van der Waals surface area contributed by atoms with Crippen LogP contribution in [0.15, 0.2) is 15.7 Å². The lowest BCUT2D eigenvalue weighted by atomic mass is 9.83. The summed E-state index contributed by atoms with van der Waals surface area (Å²) in [5.74, 6) is -0.640. The second kappa shape index (κ2) is 5.16. The Hall–Kier alpha value is -1.43. The van der Waals surface area contributed by atoms with Crippen LogP contribution >= 0.6 is 11.3 Å². The van der Waals surface area contributed by atoms with Crippen LogP contribution in [0.25, 0.3) is 0 Å². The molecule has 8 heteroatoms. The minimum absolute atomic E-state index is 0.117. The van der Waals surface area contributed by atoms with E-state index in [2.05, 4.69) is 6.07 Å². The summed E-state index contributed by atoms with van der Waals surface area (Å²) in [5, 5.41) is 10.5. The number of amides is 1. The molecule has 2 N–H and O–H groups in total. The fourth-order valence-corrected chi connectivity index (χ4v) is 4.80. The molecular weight excluding hydrogens is 298 g/mol. The molecule has 1 aromatic rings. The predicted molar refractivity (Wildman–Crippen MR) is 74.5 cm³/mol. The molecule has 1 aromatic heterocycles. The van der Waals surface area contributed by atoms with E-state index in [0.29, 0.717) is 25.9 Å². The molecule has 1 amide bonds. The third-order valence-corrected chi connectivity index (χ3v) is 6.86. The van der Waals surface area contributed by atoms with Crippen molar-refractivity contribution in [2.24, 2.45) is 11.1 Å². The van der Waals surface area contributed by atoms with Crippen LogP contribution in [0.3, 0.4) is 0 Å². The number of nitrogens with zero attached hydrogens (tertiary/aromatic N) is 2. The van der Waals surface area contributed by atoms with Crippen molar-refractivity contribution in [1.29, 1.82) is 5.26 Å². The molecule has 108 valence electrons. The van der Waals surface area contributed by atoms with E-state index < -0.39 is 21.3 Å². The van der Waals surface area contributed by atoms with E-state index in [1.807, 2.05) is 6.92 Å². The number of primary amides is 1. The highest BCUT2D eigenvalue weighted by Crippen LogP contribution is 2.33. The van der Waals surface area contributed by atoms with Crippen LogP contribution in [0.2, 0.25) is 0 Å². The van der Waals surface area contributed by atoms with Crippen molar-refractivity contribution < 1.29 is 13.2 Å². The maximum absolute atomic E-state index is 12.4. The van der Waals surface area contributed by atoms with Gasteiger partial charge in [0, 0.05) is 18.5 Å². The van der Waals surface area contributed by atoms with Crippen molar-refractivity contribution in [3.8, 4) is 6.07 Å². The second-order valence-corrected chi connectivity index (χ2v) is 8.17. The summed E-state index contributed by atoms with van der Waals surface area (Å²) in [5.41, 5.74) is 4.87. The standard InChI is InChI=1S/C12H15N3O3S2/c1-12(8-13)2-4-15(5-3-12)20(17,18)10-6-9(7-19-10)11(14)16/h6-7H,2-5H2,1H3,(H2,14,16). The van der Waals surface area contributed by atoms with Crippen molar-refractivity contribution in [3.63, 3.8) is 0 Å². The molecule has 0 aliphatic carbocycles. The molecule has 0 spiro atoms. The van der Waals surface area contributed by atoms with Gasteiger partial charge in [-0.05, 0) is 25.8 Å². The van der Waals surface area contributed by atoms with Crippen LogP contribution in [-0.2, 0) is 10.0 Å². The molecule has 6 nitrogen and oxygen atoms in total. The van der Waals surface area contributed by atoms with Crippen LogP contribution in [0.4, 0.5) is 0 Å². The number of sulfonamides is 1. The molecule has 0 unspecified atom stereocenters. The molecule has 1 fully saturated rings. The van der Waals surface area contributed by atoms with Gasteiger partial charge in [0.05, 0.1) is 17.0 Å². The number of carbonyl (C=O) groups is 1. The van der Waals surface area contributed by atoms with Crippen LogP contribution in [0.5, 0.6) is 0 Å². The Kier molecular flexibility index (Phi) is 3.86. The molecule has 0 atom stereocenters. The van der Waals surface area contributed by atoms with Gasteiger partial charge in [-0.2, -0.15) is 9.57 Å². The van der Waals surface area contributed by atoms with Gasteiger partial charge in [0.1, 0.15) is 4.21 Å². The van der Waals surface area contributed by atoms with E-state index in [-0.39, 0.29) is 9.77 Å². The van der Waals surface area contributed by atoms with Gasteiger partial charge < -0.3 is 5.73 Å². The fourth-order valence-electron chi connectivity index (χ4n) is 2.04. The first-order valence-electron chi connectivity index (χ1n) is 6.08. The van der Waals surface area contributed by atoms with Crippen molar-refractivity contribution >= 4 is 27.3 Å². The Balaban J connectivity index is 2.20. The Morgan fingerprint density at radius 1 is 1.50 bits per heavy atom. The Morgan fingerprint density at radius 2 is 2.10 bits per heavy atom. The SMILES string of the molecule is CC1(C#N)CCN(S(=O)(=O)c2cc(C(N)=O)cs2)CC1. The number of carbonyl (C=O) groups excluding carboxylic acids is 1. The smallest absolute Gasteiger partial charge is 0.252 e. The minimum atomic E-state index is -3.60. The van der Waals surface area contributed by atoms with Crippen molar-refractivity contribution in [2.45, 2.75) is 24.0 Å². The first-order valence-corrected chi connectivity index (χ1v) is 8.40. The average Bonchev–Trinajstić information content (AvgIpc) is 2.90. The van der Waals surface area contributed by atoms with Gasteiger partial charge >= 0.3 is 0 Å². The van der Waals surface area contributed by atoms with Gasteiger partial charge in [0.15, 0.2) is 0 Å². The molecule has 2 heterocycles. The Bertz CT molecular complexity index is 664. The number of hydrogen-bond acceptors (Lipinski definition) is 5. The average molecular weight is 313 g/mol. The predicted octanol–water partition coefficient (Wildman–Crippen LogP) is 1.16. The lowest BCUT2D eigenvalue weighted by Crippen LogP contribution is -2.41.